The molecule has 0 saturated heterocycles. The van der Waals surface area contributed by atoms with Crippen LogP contribution in [0.15, 0.2) is 12.1 Å². The second-order valence-electron chi connectivity index (χ2n) is 6.56. The summed E-state index contributed by atoms with van der Waals surface area (Å²) >= 11 is 0. The van der Waals surface area contributed by atoms with Crippen molar-refractivity contribution in [2.24, 2.45) is 5.41 Å². The van der Waals surface area contributed by atoms with Crippen LogP contribution in [0.5, 0.6) is 5.88 Å². The monoisotopic (exact) mass is 281 g/mol. The van der Waals surface area contributed by atoms with Gasteiger partial charge >= 0.3 is 0 Å². The third-order valence-corrected chi connectivity index (χ3v) is 2.60. The number of aromatic nitrogens is 1. The molecule has 0 aliphatic heterocycles. The van der Waals surface area contributed by atoms with Gasteiger partial charge in [-0.3, -0.25) is 0 Å². The maximum absolute atomic E-state index is 9.97. The summed E-state index contributed by atoms with van der Waals surface area (Å²) in [6.07, 6.45) is 0.333. The fourth-order valence-electron chi connectivity index (χ4n) is 1.87. The van der Waals surface area contributed by atoms with Crippen molar-refractivity contribution in [2.75, 3.05) is 17.6 Å². The second-order valence-corrected chi connectivity index (χ2v) is 6.56. The van der Waals surface area contributed by atoms with E-state index in [9.17, 15) is 5.11 Å². The molecular weight excluding hydrogens is 254 g/mol. The Morgan fingerprint density at radius 3 is 2.55 bits per heavy atom. The zero-order chi connectivity index (χ0) is 15.3. The molecule has 1 heterocycles. The number of anilines is 2. The molecule has 0 aliphatic carbocycles. The van der Waals surface area contributed by atoms with Gasteiger partial charge in [-0.2, -0.15) is 4.98 Å². The van der Waals surface area contributed by atoms with E-state index in [1.807, 2.05) is 13.8 Å². The number of hydrogen-bond acceptors (Lipinski definition) is 5. The molecule has 5 heteroatoms. The zero-order valence-electron chi connectivity index (χ0n) is 13.1. The Bertz CT molecular complexity index is 428. The van der Waals surface area contributed by atoms with E-state index >= 15 is 0 Å². The lowest BCUT2D eigenvalue weighted by molar-refractivity contribution is 0.132. The predicted molar refractivity (Wildman–Crippen MR) is 83.0 cm³/mol. The van der Waals surface area contributed by atoms with Crippen LogP contribution in [0.3, 0.4) is 0 Å². The molecule has 0 aliphatic rings. The normalized spacial score (nSPS) is 13.3. The van der Waals surface area contributed by atoms with Crippen molar-refractivity contribution in [1.82, 2.24) is 4.98 Å². The van der Waals surface area contributed by atoms with Crippen LogP contribution in [-0.4, -0.2) is 28.8 Å². The van der Waals surface area contributed by atoms with E-state index in [2.05, 4.69) is 31.1 Å². The molecule has 0 bridgehead atoms. The van der Waals surface area contributed by atoms with Crippen LogP contribution >= 0.6 is 0 Å². The summed E-state index contributed by atoms with van der Waals surface area (Å²) in [5, 5.41) is 13.1. The largest absolute Gasteiger partial charge is 0.473 e. The van der Waals surface area contributed by atoms with E-state index in [1.165, 1.54) is 0 Å². The standard InChI is InChI=1S/C15H27N3O2/c1-10(2)20-14-12(16)6-7-13(18-14)17-9-11(19)8-15(3,4)5/h6-7,10-11,19H,8-9,16H2,1-5H3,(H,17,18). The molecule has 0 radical (unpaired) electrons. The zero-order valence-corrected chi connectivity index (χ0v) is 13.1. The van der Waals surface area contributed by atoms with Crippen molar-refractivity contribution in [3.8, 4) is 5.88 Å². The highest BCUT2D eigenvalue weighted by atomic mass is 16.5. The number of rotatable bonds is 6. The molecule has 0 fully saturated rings. The van der Waals surface area contributed by atoms with Gasteiger partial charge in [-0.05, 0) is 37.8 Å². The Morgan fingerprint density at radius 1 is 1.35 bits per heavy atom. The molecule has 5 nitrogen and oxygen atoms in total. The first-order chi connectivity index (χ1) is 9.17. The van der Waals surface area contributed by atoms with Gasteiger partial charge in [0.05, 0.1) is 17.9 Å². The van der Waals surface area contributed by atoms with Crippen molar-refractivity contribution < 1.29 is 9.84 Å². The van der Waals surface area contributed by atoms with E-state index in [0.717, 1.165) is 6.42 Å². The lowest BCUT2D eigenvalue weighted by atomic mass is 9.89. The molecule has 0 amide bonds. The first kappa shape index (κ1) is 16.6. The number of aliphatic hydroxyl groups excluding tert-OH is 1. The average Bonchev–Trinajstić information content (AvgIpc) is 2.27. The minimum absolute atomic E-state index is 0.0199. The van der Waals surface area contributed by atoms with Gasteiger partial charge in [0, 0.05) is 6.54 Å². The number of nitrogens with one attached hydrogen (secondary N) is 1. The maximum Gasteiger partial charge on any atom is 0.239 e. The Balaban J connectivity index is 2.60. The van der Waals surface area contributed by atoms with Crippen molar-refractivity contribution in [3.05, 3.63) is 12.1 Å². The summed E-state index contributed by atoms with van der Waals surface area (Å²) in [4.78, 5) is 4.31. The molecular formula is C15H27N3O2. The van der Waals surface area contributed by atoms with Gasteiger partial charge in [0.25, 0.3) is 0 Å². The van der Waals surface area contributed by atoms with Gasteiger partial charge < -0.3 is 20.9 Å². The molecule has 1 unspecified atom stereocenters. The predicted octanol–water partition coefficient (Wildman–Crippen LogP) is 2.66. The molecule has 20 heavy (non-hydrogen) atoms. The summed E-state index contributed by atoms with van der Waals surface area (Å²) in [5.41, 5.74) is 6.42. The van der Waals surface area contributed by atoms with Gasteiger partial charge in [0.2, 0.25) is 5.88 Å². The maximum atomic E-state index is 9.97. The quantitative estimate of drug-likeness (QED) is 0.747. The van der Waals surface area contributed by atoms with Crippen molar-refractivity contribution in [3.63, 3.8) is 0 Å². The minimum Gasteiger partial charge on any atom is -0.473 e. The molecule has 0 aromatic carbocycles. The topological polar surface area (TPSA) is 80.4 Å². The second kappa shape index (κ2) is 6.79. The van der Waals surface area contributed by atoms with Gasteiger partial charge in [-0.25, -0.2) is 0 Å². The lowest BCUT2D eigenvalue weighted by Crippen LogP contribution is -2.25. The van der Waals surface area contributed by atoms with E-state index in [4.69, 9.17) is 10.5 Å². The highest BCUT2D eigenvalue weighted by Gasteiger charge is 2.16. The summed E-state index contributed by atoms with van der Waals surface area (Å²) in [6.45, 7) is 10.6. The first-order valence-electron chi connectivity index (χ1n) is 7.02. The number of aliphatic hydroxyl groups is 1. The Hall–Kier alpha value is -1.49. The highest BCUT2D eigenvalue weighted by molar-refractivity contribution is 5.53. The molecule has 114 valence electrons. The van der Waals surface area contributed by atoms with E-state index in [-0.39, 0.29) is 11.5 Å². The summed E-state index contributed by atoms with van der Waals surface area (Å²) in [5.74, 6) is 1.08. The molecule has 0 spiro atoms. The fourth-order valence-corrected chi connectivity index (χ4v) is 1.87. The third kappa shape index (κ3) is 6.10. The minimum atomic E-state index is -0.413. The van der Waals surface area contributed by atoms with Crippen LogP contribution < -0.4 is 15.8 Å². The van der Waals surface area contributed by atoms with Crippen molar-refractivity contribution in [1.29, 1.82) is 0 Å². The highest BCUT2D eigenvalue weighted by Crippen LogP contribution is 2.23. The van der Waals surface area contributed by atoms with E-state index < -0.39 is 6.10 Å². The SMILES string of the molecule is CC(C)Oc1nc(NCC(O)CC(C)(C)C)ccc1N. The molecule has 1 aromatic rings. The van der Waals surface area contributed by atoms with Crippen LogP contribution in [0.2, 0.25) is 0 Å². The number of hydrogen-bond donors (Lipinski definition) is 3. The molecule has 1 rings (SSSR count). The average molecular weight is 281 g/mol. The van der Waals surface area contributed by atoms with Crippen LogP contribution in [0, 0.1) is 5.41 Å². The van der Waals surface area contributed by atoms with Gasteiger partial charge in [-0.15, -0.1) is 0 Å². The Kier molecular flexibility index (Phi) is 5.62. The Morgan fingerprint density at radius 2 is 2.00 bits per heavy atom. The van der Waals surface area contributed by atoms with Crippen LogP contribution in [0.25, 0.3) is 0 Å². The van der Waals surface area contributed by atoms with Gasteiger partial charge in [-0.1, -0.05) is 20.8 Å². The summed E-state index contributed by atoms with van der Waals surface area (Å²) < 4.78 is 5.53. The lowest BCUT2D eigenvalue weighted by Gasteiger charge is -2.22. The first-order valence-corrected chi connectivity index (χ1v) is 7.02. The summed E-state index contributed by atoms with van der Waals surface area (Å²) in [7, 11) is 0. The van der Waals surface area contributed by atoms with E-state index in [0.29, 0.717) is 23.9 Å². The molecule has 4 N–H and O–H groups in total. The number of pyridine rings is 1. The van der Waals surface area contributed by atoms with Crippen molar-refractivity contribution >= 4 is 11.5 Å². The van der Waals surface area contributed by atoms with Crippen LogP contribution in [-0.2, 0) is 0 Å². The summed E-state index contributed by atoms with van der Waals surface area (Å²) in [6, 6.07) is 3.54. The van der Waals surface area contributed by atoms with Gasteiger partial charge in [0.15, 0.2) is 0 Å². The number of ether oxygens (including phenoxy) is 1. The fraction of sp³-hybridized carbons (Fsp3) is 0.667. The van der Waals surface area contributed by atoms with Crippen LogP contribution in [0.4, 0.5) is 11.5 Å². The smallest absolute Gasteiger partial charge is 0.239 e. The number of nitrogens with two attached hydrogens (primary N) is 1. The molecule has 1 aromatic heterocycles. The van der Waals surface area contributed by atoms with Gasteiger partial charge in [0.1, 0.15) is 5.82 Å². The van der Waals surface area contributed by atoms with E-state index in [1.54, 1.807) is 12.1 Å². The number of nitrogen functional groups attached to an aromatic ring is 1. The Labute approximate surface area is 121 Å². The van der Waals surface area contributed by atoms with Crippen molar-refractivity contribution in [2.45, 2.75) is 53.2 Å². The molecule has 0 saturated carbocycles. The third-order valence-electron chi connectivity index (χ3n) is 2.60. The number of nitrogens with zero attached hydrogens (tertiary/aromatic N) is 1. The molecule has 1 atom stereocenters. The van der Waals surface area contributed by atoms with Crippen LogP contribution in [0.1, 0.15) is 41.0 Å².